The summed E-state index contributed by atoms with van der Waals surface area (Å²) in [6.45, 7) is 7.37. The van der Waals surface area contributed by atoms with Crippen LogP contribution >= 0.6 is 0 Å². The van der Waals surface area contributed by atoms with E-state index in [-0.39, 0.29) is 0 Å². The highest BCUT2D eigenvalue weighted by atomic mass is 16.5. The van der Waals surface area contributed by atoms with Gasteiger partial charge in [0.25, 0.3) is 0 Å². The average Bonchev–Trinajstić information content (AvgIpc) is 2.28. The van der Waals surface area contributed by atoms with Crippen molar-refractivity contribution in [3.05, 3.63) is 29.3 Å². The van der Waals surface area contributed by atoms with Gasteiger partial charge in [-0.15, -0.1) is 0 Å². The second-order valence-corrected chi connectivity index (χ2v) is 4.92. The number of benzene rings is 1. The summed E-state index contributed by atoms with van der Waals surface area (Å²) in [5, 5.41) is 3.47. The molecule has 1 heterocycles. The Bertz CT molecular complexity index is 347. The molecule has 0 spiro atoms. The fraction of sp³-hybridized carbons (Fsp3) is 0.571. The Morgan fingerprint density at radius 3 is 3.06 bits per heavy atom. The van der Waals surface area contributed by atoms with Gasteiger partial charge >= 0.3 is 0 Å². The Labute approximate surface area is 98.0 Å². The van der Waals surface area contributed by atoms with Crippen molar-refractivity contribution in [1.82, 2.24) is 5.32 Å². The van der Waals surface area contributed by atoms with Gasteiger partial charge in [-0.2, -0.15) is 0 Å². The van der Waals surface area contributed by atoms with Crippen LogP contribution in [-0.4, -0.2) is 13.2 Å². The minimum absolute atomic E-state index is 0.709. The molecule has 0 bridgehead atoms. The van der Waals surface area contributed by atoms with Gasteiger partial charge in [-0.3, -0.25) is 0 Å². The summed E-state index contributed by atoms with van der Waals surface area (Å²) < 4.78 is 5.60. The van der Waals surface area contributed by atoms with Crippen molar-refractivity contribution < 1.29 is 4.74 Å². The number of aryl methyl sites for hydroxylation is 1. The summed E-state index contributed by atoms with van der Waals surface area (Å²) in [5.41, 5.74) is 2.74. The zero-order chi connectivity index (χ0) is 11.4. The summed E-state index contributed by atoms with van der Waals surface area (Å²) >= 11 is 0. The van der Waals surface area contributed by atoms with Crippen molar-refractivity contribution in [2.24, 2.45) is 5.92 Å². The van der Waals surface area contributed by atoms with Crippen molar-refractivity contribution in [1.29, 1.82) is 0 Å². The van der Waals surface area contributed by atoms with E-state index in [1.807, 2.05) is 0 Å². The summed E-state index contributed by atoms with van der Waals surface area (Å²) in [6, 6.07) is 6.56. The fourth-order valence-electron chi connectivity index (χ4n) is 2.03. The van der Waals surface area contributed by atoms with E-state index in [1.54, 1.807) is 0 Å². The van der Waals surface area contributed by atoms with Crippen molar-refractivity contribution in [3.8, 4) is 5.75 Å². The lowest BCUT2D eigenvalue weighted by Gasteiger charge is -2.18. The predicted molar refractivity (Wildman–Crippen MR) is 66.8 cm³/mol. The number of ether oxygens (including phenoxy) is 1. The van der Waals surface area contributed by atoms with Crippen LogP contribution in [0.2, 0.25) is 0 Å². The second kappa shape index (κ2) is 5.35. The summed E-state index contributed by atoms with van der Waals surface area (Å²) in [7, 11) is 0. The van der Waals surface area contributed by atoms with Gasteiger partial charge in [0.2, 0.25) is 0 Å². The molecule has 0 fully saturated rings. The van der Waals surface area contributed by atoms with E-state index < -0.39 is 0 Å². The molecule has 88 valence electrons. The minimum atomic E-state index is 0.709. The quantitative estimate of drug-likeness (QED) is 0.840. The fourth-order valence-corrected chi connectivity index (χ4v) is 2.03. The summed E-state index contributed by atoms with van der Waals surface area (Å²) in [4.78, 5) is 0. The number of nitrogens with one attached hydrogen (secondary N) is 1. The van der Waals surface area contributed by atoms with Crippen LogP contribution in [0.5, 0.6) is 5.75 Å². The second-order valence-electron chi connectivity index (χ2n) is 4.92. The Morgan fingerprint density at radius 2 is 2.25 bits per heavy atom. The highest BCUT2D eigenvalue weighted by molar-refractivity contribution is 5.38. The molecule has 2 rings (SSSR count). The SMILES string of the molecule is CC(C)CNCc1ccc2c(c1)CCCO2. The normalized spacial score (nSPS) is 14.7. The van der Waals surface area contributed by atoms with Gasteiger partial charge in [-0.1, -0.05) is 26.0 Å². The van der Waals surface area contributed by atoms with Crippen LogP contribution in [-0.2, 0) is 13.0 Å². The number of rotatable bonds is 4. The third kappa shape index (κ3) is 2.99. The molecule has 0 saturated carbocycles. The van der Waals surface area contributed by atoms with E-state index in [0.717, 1.165) is 38.3 Å². The number of hydrogen-bond acceptors (Lipinski definition) is 2. The van der Waals surface area contributed by atoms with E-state index in [2.05, 4.69) is 37.4 Å². The Hall–Kier alpha value is -1.02. The first-order chi connectivity index (χ1) is 7.75. The lowest BCUT2D eigenvalue weighted by molar-refractivity contribution is 0.288. The lowest BCUT2D eigenvalue weighted by atomic mass is 10.0. The molecule has 2 heteroatoms. The zero-order valence-corrected chi connectivity index (χ0v) is 10.3. The smallest absolute Gasteiger partial charge is 0.122 e. The standard InChI is InChI=1S/C14H21NO/c1-11(2)9-15-10-12-5-6-14-13(8-12)4-3-7-16-14/h5-6,8,11,15H,3-4,7,9-10H2,1-2H3. The van der Waals surface area contributed by atoms with Gasteiger partial charge in [0.05, 0.1) is 6.61 Å². The molecule has 0 aliphatic carbocycles. The third-order valence-electron chi connectivity index (χ3n) is 2.85. The van der Waals surface area contributed by atoms with E-state index >= 15 is 0 Å². The molecular formula is C14H21NO. The predicted octanol–water partition coefficient (Wildman–Crippen LogP) is 2.76. The summed E-state index contributed by atoms with van der Waals surface area (Å²) in [6.07, 6.45) is 2.31. The molecular weight excluding hydrogens is 198 g/mol. The van der Waals surface area contributed by atoms with E-state index in [9.17, 15) is 0 Å². The molecule has 16 heavy (non-hydrogen) atoms. The van der Waals surface area contributed by atoms with E-state index in [1.165, 1.54) is 11.1 Å². The van der Waals surface area contributed by atoms with Gasteiger partial charge in [-0.05, 0) is 42.5 Å². The zero-order valence-electron chi connectivity index (χ0n) is 10.3. The van der Waals surface area contributed by atoms with Gasteiger partial charge in [-0.25, -0.2) is 0 Å². The average molecular weight is 219 g/mol. The topological polar surface area (TPSA) is 21.3 Å². The van der Waals surface area contributed by atoms with Crippen LogP contribution in [0.4, 0.5) is 0 Å². The maximum atomic E-state index is 5.60. The molecule has 1 N–H and O–H groups in total. The third-order valence-corrected chi connectivity index (χ3v) is 2.85. The molecule has 0 aromatic heterocycles. The first kappa shape index (κ1) is 11.5. The molecule has 1 aromatic carbocycles. The highest BCUT2D eigenvalue weighted by Crippen LogP contribution is 2.25. The van der Waals surface area contributed by atoms with Gasteiger partial charge in [0, 0.05) is 6.54 Å². The molecule has 0 unspecified atom stereocenters. The van der Waals surface area contributed by atoms with Crippen molar-refractivity contribution in [2.45, 2.75) is 33.2 Å². The van der Waals surface area contributed by atoms with E-state index in [4.69, 9.17) is 4.74 Å². The lowest BCUT2D eigenvalue weighted by Crippen LogP contribution is -2.19. The Balaban J connectivity index is 1.95. The van der Waals surface area contributed by atoms with Crippen LogP contribution in [0, 0.1) is 5.92 Å². The molecule has 2 nitrogen and oxygen atoms in total. The highest BCUT2D eigenvalue weighted by Gasteiger charge is 2.10. The van der Waals surface area contributed by atoms with Crippen LogP contribution in [0.15, 0.2) is 18.2 Å². The minimum Gasteiger partial charge on any atom is -0.493 e. The first-order valence-corrected chi connectivity index (χ1v) is 6.21. The van der Waals surface area contributed by atoms with E-state index in [0.29, 0.717) is 5.92 Å². The van der Waals surface area contributed by atoms with Gasteiger partial charge in [0.15, 0.2) is 0 Å². The first-order valence-electron chi connectivity index (χ1n) is 6.21. The van der Waals surface area contributed by atoms with Gasteiger partial charge in [0.1, 0.15) is 5.75 Å². The Kier molecular flexibility index (Phi) is 3.83. The van der Waals surface area contributed by atoms with Crippen LogP contribution < -0.4 is 10.1 Å². The van der Waals surface area contributed by atoms with Crippen molar-refractivity contribution in [2.75, 3.05) is 13.2 Å². The molecule has 0 saturated heterocycles. The number of hydrogen-bond donors (Lipinski definition) is 1. The molecule has 1 aliphatic rings. The van der Waals surface area contributed by atoms with Crippen LogP contribution in [0.3, 0.4) is 0 Å². The monoisotopic (exact) mass is 219 g/mol. The van der Waals surface area contributed by atoms with Crippen molar-refractivity contribution in [3.63, 3.8) is 0 Å². The van der Waals surface area contributed by atoms with Gasteiger partial charge < -0.3 is 10.1 Å². The largest absolute Gasteiger partial charge is 0.493 e. The maximum Gasteiger partial charge on any atom is 0.122 e. The molecule has 0 amide bonds. The molecule has 0 atom stereocenters. The molecule has 1 aromatic rings. The summed E-state index contributed by atoms with van der Waals surface area (Å²) in [5.74, 6) is 1.79. The molecule has 0 radical (unpaired) electrons. The van der Waals surface area contributed by atoms with Crippen LogP contribution in [0.1, 0.15) is 31.4 Å². The van der Waals surface area contributed by atoms with Crippen molar-refractivity contribution >= 4 is 0 Å². The number of fused-ring (bicyclic) bond motifs is 1. The Morgan fingerprint density at radius 1 is 1.38 bits per heavy atom. The van der Waals surface area contributed by atoms with Crippen LogP contribution in [0.25, 0.3) is 0 Å². The maximum absolute atomic E-state index is 5.60. The molecule has 1 aliphatic heterocycles.